The molecule has 0 fully saturated rings. The fourth-order valence-corrected chi connectivity index (χ4v) is 3.75. The molecule has 0 unspecified atom stereocenters. The normalized spacial score (nSPS) is 11.3. The van der Waals surface area contributed by atoms with Gasteiger partial charge in [0, 0.05) is 12.6 Å². The lowest BCUT2D eigenvalue weighted by atomic mass is 10.2. The zero-order valence-corrected chi connectivity index (χ0v) is 13.5. The van der Waals surface area contributed by atoms with E-state index in [0.29, 0.717) is 24.5 Å². The van der Waals surface area contributed by atoms with Crippen molar-refractivity contribution in [3.8, 4) is 11.5 Å². The lowest BCUT2D eigenvalue weighted by Gasteiger charge is -2.12. The molecular formula is C14H17NO4S2. The molecule has 0 aliphatic rings. The van der Waals surface area contributed by atoms with Gasteiger partial charge in [-0.3, -0.25) is 0 Å². The number of rotatable bonds is 7. The molecule has 0 atom stereocenters. The van der Waals surface area contributed by atoms with E-state index in [1.165, 1.54) is 20.3 Å². The van der Waals surface area contributed by atoms with E-state index in [9.17, 15) is 8.42 Å². The highest BCUT2D eigenvalue weighted by Gasteiger charge is 2.20. The molecule has 0 bridgehead atoms. The lowest BCUT2D eigenvalue weighted by Crippen LogP contribution is -2.26. The second kappa shape index (κ2) is 6.93. The topological polar surface area (TPSA) is 64.6 Å². The van der Waals surface area contributed by atoms with Crippen LogP contribution in [0.1, 0.15) is 5.56 Å². The van der Waals surface area contributed by atoms with Crippen LogP contribution in [-0.4, -0.2) is 29.2 Å². The summed E-state index contributed by atoms with van der Waals surface area (Å²) in [6, 6.07) is 6.66. The summed E-state index contributed by atoms with van der Waals surface area (Å²) in [5, 5.41) is 3.97. The molecule has 0 spiro atoms. The van der Waals surface area contributed by atoms with Crippen LogP contribution in [-0.2, 0) is 16.4 Å². The summed E-state index contributed by atoms with van der Waals surface area (Å²) >= 11 is 1.59. The van der Waals surface area contributed by atoms with E-state index in [0.717, 1.165) is 5.56 Å². The molecule has 0 radical (unpaired) electrons. The first-order valence-corrected chi connectivity index (χ1v) is 8.72. The van der Waals surface area contributed by atoms with Gasteiger partial charge in [0.15, 0.2) is 0 Å². The Balaban J connectivity index is 2.14. The van der Waals surface area contributed by atoms with Crippen LogP contribution in [0.4, 0.5) is 0 Å². The first kappa shape index (κ1) is 15.8. The summed E-state index contributed by atoms with van der Waals surface area (Å²) in [6.45, 7) is 0.333. The van der Waals surface area contributed by atoms with Crippen LogP contribution in [0.15, 0.2) is 39.9 Å². The Morgan fingerprint density at radius 1 is 1.19 bits per heavy atom. The standard InChI is InChI=1S/C14H17NO4S2/c1-18-12-3-4-13(19-2)14(9-12)21(16,17)15-7-5-11-6-8-20-10-11/h3-4,6,8-10,15H,5,7H2,1-2H3. The third-order valence-electron chi connectivity index (χ3n) is 2.95. The molecule has 0 saturated carbocycles. The van der Waals surface area contributed by atoms with E-state index in [-0.39, 0.29) is 4.90 Å². The highest BCUT2D eigenvalue weighted by molar-refractivity contribution is 7.89. The van der Waals surface area contributed by atoms with Crippen LogP contribution >= 0.6 is 11.3 Å². The Labute approximate surface area is 128 Å². The molecule has 0 amide bonds. The molecular weight excluding hydrogens is 310 g/mol. The molecule has 7 heteroatoms. The molecule has 0 saturated heterocycles. The predicted octanol–water partition coefficient (Wildman–Crippen LogP) is 2.29. The number of benzene rings is 1. The number of nitrogens with one attached hydrogen (secondary N) is 1. The Morgan fingerprint density at radius 3 is 2.62 bits per heavy atom. The SMILES string of the molecule is COc1ccc(OC)c(S(=O)(=O)NCCc2ccsc2)c1. The average Bonchev–Trinajstić information content (AvgIpc) is 2.99. The van der Waals surface area contributed by atoms with Crippen molar-refractivity contribution >= 4 is 21.4 Å². The van der Waals surface area contributed by atoms with Crippen molar-refractivity contribution in [3.63, 3.8) is 0 Å². The van der Waals surface area contributed by atoms with Crippen LogP contribution in [0.5, 0.6) is 11.5 Å². The summed E-state index contributed by atoms with van der Waals surface area (Å²) in [4.78, 5) is 0.0784. The van der Waals surface area contributed by atoms with Crippen molar-refractivity contribution < 1.29 is 17.9 Å². The van der Waals surface area contributed by atoms with Gasteiger partial charge in [-0.15, -0.1) is 0 Å². The van der Waals surface area contributed by atoms with E-state index in [2.05, 4.69) is 4.72 Å². The molecule has 1 aromatic heterocycles. The molecule has 5 nitrogen and oxygen atoms in total. The summed E-state index contributed by atoms with van der Waals surface area (Å²) in [5.41, 5.74) is 1.11. The van der Waals surface area contributed by atoms with Crippen molar-refractivity contribution in [2.24, 2.45) is 0 Å². The fourth-order valence-electron chi connectivity index (χ4n) is 1.84. The number of thiophene rings is 1. The van der Waals surface area contributed by atoms with Crippen molar-refractivity contribution in [2.75, 3.05) is 20.8 Å². The molecule has 1 N–H and O–H groups in total. The number of ether oxygens (including phenoxy) is 2. The summed E-state index contributed by atoms with van der Waals surface area (Å²) < 4.78 is 37.5. The predicted molar refractivity (Wildman–Crippen MR) is 82.8 cm³/mol. The Bertz CT molecular complexity index is 681. The molecule has 114 valence electrons. The summed E-state index contributed by atoms with van der Waals surface area (Å²) in [7, 11) is -0.715. The lowest BCUT2D eigenvalue weighted by molar-refractivity contribution is 0.392. The van der Waals surface area contributed by atoms with Gasteiger partial charge in [0.2, 0.25) is 10.0 Å². The third kappa shape index (κ3) is 3.96. The smallest absolute Gasteiger partial charge is 0.244 e. The van der Waals surface area contributed by atoms with Gasteiger partial charge in [-0.05, 0) is 40.9 Å². The van der Waals surface area contributed by atoms with Gasteiger partial charge in [0.25, 0.3) is 0 Å². The fraction of sp³-hybridized carbons (Fsp3) is 0.286. The largest absolute Gasteiger partial charge is 0.497 e. The van der Waals surface area contributed by atoms with Crippen molar-refractivity contribution in [1.82, 2.24) is 4.72 Å². The van der Waals surface area contributed by atoms with E-state index in [4.69, 9.17) is 9.47 Å². The summed E-state index contributed by atoms with van der Waals surface area (Å²) in [6.07, 6.45) is 0.648. The number of sulfonamides is 1. The second-order valence-corrected chi connectivity index (χ2v) is 6.81. The minimum Gasteiger partial charge on any atom is -0.497 e. The number of hydrogen-bond acceptors (Lipinski definition) is 5. The van der Waals surface area contributed by atoms with Gasteiger partial charge in [-0.1, -0.05) is 0 Å². The quantitative estimate of drug-likeness (QED) is 0.847. The zero-order chi connectivity index (χ0) is 15.3. The first-order valence-electron chi connectivity index (χ1n) is 6.29. The van der Waals surface area contributed by atoms with E-state index >= 15 is 0 Å². The van der Waals surface area contributed by atoms with Gasteiger partial charge in [-0.25, -0.2) is 13.1 Å². The van der Waals surface area contributed by atoms with E-state index < -0.39 is 10.0 Å². The number of hydrogen-bond donors (Lipinski definition) is 1. The highest BCUT2D eigenvalue weighted by atomic mass is 32.2. The van der Waals surface area contributed by atoms with Gasteiger partial charge in [-0.2, -0.15) is 11.3 Å². The van der Waals surface area contributed by atoms with Crippen LogP contribution in [0.25, 0.3) is 0 Å². The Kier molecular flexibility index (Phi) is 5.22. The van der Waals surface area contributed by atoms with Crippen LogP contribution in [0.3, 0.4) is 0 Å². The van der Waals surface area contributed by atoms with Gasteiger partial charge in [0.1, 0.15) is 16.4 Å². The third-order valence-corrected chi connectivity index (χ3v) is 5.16. The van der Waals surface area contributed by atoms with Crippen molar-refractivity contribution in [2.45, 2.75) is 11.3 Å². The Hall–Kier alpha value is -1.57. The van der Waals surface area contributed by atoms with Crippen molar-refractivity contribution in [3.05, 3.63) is 40.6 Å². The van der Waals surface area contributed by atoms with Crippen LogP contribution in [0.2, 0.25) is 0 Å². The molecule has 0 aliphatic carbocycles. The van der Waals surface area contributed by atoms with Crippen molar-refractivity contribution in [1.29, 1.82) is 0 Å². The molecule has 2 rings (SSSR count). The van der Waals surface area contributed by atoms with Gasteiger partial charge < -0.3 is 9.47 Å². The minimum atomic E-state index is -3.64. The minimum absolute atomic E-state index is 0.0784. The average molecular weight is 327 g/mol. The van der Waals surface area contributed by atoms with Crippen LogP contribution in [0, 0.1) is 0 Å². The molecule has 0 aliphatic heterocycles. The molecule has 21 heavy (non-hydrogen) atoms. The molecule has 1 aromatic carbocycles. The highest BCUT2D eigenvalue weighted by Crippen LogP contribution is 2.27. The maximum Gasteiger partial charge on any atom is 0.244 e. The van der Waals surface area contributed by atoms with Crippen LogP contribution < -0.4 is 14.2 Å². The zero-order valence-electron chi connectivity index (χ0n) is 11.8. The number of methoxy groups -OCH3 is 2. The maximum absolute atomic E-state index is 12.4. The van der Waals surface area contributed by atoms with Gasteiger partial charge >= 0.3 is 0 Å². The Morgan fingerprint density at radius 2 is 2.00 bits per heavy atom. The second-order valence-electron chi connectivity index (χ2n) is 4.30. The first-order chi connectivity index (χ1) is 10.1. The summed E-state index contributed by atoms with van der Waals surface area (Å²) in [5.74, 6) is 0.757. The molecule has 1 heterocycles. The molecule has 2 aromatic rings. The maximum atomic E-state index is 12.4. The van der Waals surface area contributed by atoms with E-state index in [1.807, 2.05) is 16.8 Å². The van der Waals surface area contributed by atoms with E-state index in [1.54, 1.807) is 23.5 Å². The van der Waals surface area contributed by atoms with Gasteiger partial charge in [0.05, 0.1) is 14.2 Å². The monoisotopic (exact) mass is 327 g/mol.